The van der Waals surface area contributed by atoms with Crippen molar-refractivity contribution >= 4 is 23.2 Å². The molecule has 2 N–H and O–H groups in total. The van der Waals surface area contributed by atoms with E-state index < -0.39 is 5.91 Å². The van der Waals surface area contributed by atoms with Gasteiger partial charge in [0.1, 0.15) is 5.69 Å². The zero-order chi connectivity index (χ0) is 13.8. The van der Waals surface area contributed by atoms with Gasteiger partial charge in [0.05, 0.1) is 7.11 Å². The van der Waals surface area contributed by atoms with E-state index in [1.165, 1.54) is 19.4 Å². The Morgan fingerprint density at radius 2 is 2.16 bits per heavy atom. The van der Waals surface area contributed by atoms with E-state index >= 15 is 0 Å². The lowest BCUT2D eigenvalue weighted by molar-refractivity contribution is 0.102. The third kappa shape index (κ3) is 3.14. The number of carbonyl (C=O) groups excluding carboxylic acids is 1. The summed E-state index contributed by atoms with van der Waals surface area (Å²) in [5.74, 6) is -0.277. The number of pyridine rings is 1. The molecule has 0 bridgehead atoms. The van der Waals surface area contributed by atoms with Gasteiger partial charge in [-0.2, -0.15) is 0 Å². The first kappa shape index (κ1) is 13.2. The second-order valence-electron chi connectivity index (χ2n) is 3.74. The van der Waals surface area contributed by atoms with Crippen LogP contribution in [0.4, 0.5) is 5.69 Å². The zero-order valence-corrected chi connectivity index (χ0v) is 10.8. The number of carbonyl (C=O) groups is 1. The van der Waals surface area contributed by atoms with Crippen LogP contribution in [0.25, 0.3) is 0 Å². The van der Waals surface area contributed by atoms with Gasteiger partial charge in [0.15, 0.2) is 5.75 Å². The zero-order valence-electron chi connectivity index (χ0n) is 10.1. The molecule has 2 aromatic rings. The summed E-state index contributed by atoms with van der Waals surface area (Å²) in [6.07, 6.45) is 1.34. The lowest BCUT2D eigenvalue weighted by Crippen LogP contribution is -2.17. The molecule has 0 aliphatic rings. The summed E-state index contributed by atoms with van der Waals surface area (Å²) in [7, 11) is 1.39. The minimum atomic E-state index is -0.429. The third-order valence-electron chi connectivity index (χ3n) is 2.42. The van der Waals surface area contributed by atoms with Gasteiger partial charge in [-0.3, -0.25) is 9.59 Å². The number of amides is 1. The topological polar surface area (TPSA) is 71.2 Å². The molecule has 1 aromatic carbocycles. The van der Waals surface area contributed by atoms with Crippen molar-refractivity contribution in [1.29, 1.82) is 0 Å². The lowest BCUT2D eigenvalue weighted by Gasteiger charge is -2.06. The van der Waals surface area contributed by atoms with Crippen molar-refractivity contribution < 1.29 is 9.53 Å². The van der Waals surface area contributed by atoms with Crippen molar-refractivity contribution in [2.45, 2.75) is 0 Å². The van der Waals surface area contributed by atoms with Gasteiger partial charge >= 0.3 is 0 Å². The minimum Gasteiger partial charge on any atom is -0.491 e. The van der Waals surface area contributed by atoms with Crippen molar-refractivity contribution in [1.82, 2.24) is 4.98 Å². The van der Waals surface area contributed by atoms with E-state index in [1.807, 2.05) is 0 Å². The number of hydrogen-bond donors (Lipinski definition) is 2. The van der Waals surface area contributed by atoms with E-state index in [1.54, 1.807) is 24.3 Å². The van der Waals surface area contributed by atoms with Crippen LogP contribution >= 0.6 is 11.6 Å². The monoisotopic (exact) mass is 278 g/mol. The Bertz CT molecular complexity index is 667. The quantitative estimate of drug-likeness (QED) is 0.905. The Kier molecular flexibility index (Phi) is 3.87. The van der Waals surface area contributed by atoms with Crippen LogP contribution in [-0.2, 0) is 0 Å². The first-order valence-electron chi connectivity index (χ1n) is 5.44. The molecule has 1 heterocycles. The van der Waals surface area contributed by atoms with Crippen LogP contribution in [0.2, 0.25) is 5.02 Å². The summed E-state index contributed by atoms with van der Waals surface area (Å²) in [5.41, 5.74) is 0.331. The van der Waals surface area contributed by atoms with Gasteiger partial charge in [-0.25, -0.2) is 0 Å². The average molecular weight is 279 g/mol. The molecule has 6 heteroatoms. The molecular formula is C13H11ClN2O3. The standard InChI is InChI=1S/C13H11ClN2O3/c1-19-12-7-15-10(6-11(12)17)13(18)16-9-4-2-3-8(14)5-9/h2-7H,1H3,(H,15,17)(H,16,18). The Balaban J connectivity index is 2.21. The number of methoxy groups -OCH3 is 1. The molecular weight excluding hydrogens is 268 g/mol. The Hall–Kier alpha value is -2.27. The summed E-state index contributed by atoms with van der Waals surface area (Å²) in [6, 6.07) is 7.91. The molecule has 0 saturated carbocycles. The normalized spacial score (nSPS) is 10.0. The molecule has 0 fully saturated rings. The molecule has 0 saturated heterocycles. The highest BCUT2D eigenvalue weighted by atomic mass is 35.5. The average Bonchev–Trinajstić information content (AvgIpc) is 2.38. The van der Waals surface area contributed by atoms with Gasteiger partial charge in [0.25, 0.3) is 5.91 Å². The highest BCUT2D eigenvalue weighted by Crippen LogP contribution is 2.15. The SMILES string of the molecule is COc1c[nH]c(C(=O)Nc2cccc(Cl)c2)cc1=O. The molecule has 0 aliphatic carbocycles. The van der Waals surface area contributed by atoms with Crippen LogP contribution in [0.1, 0.15) is 10.5 Å². The third-order valence-corrected chi connectivity index (χ3v) is 2.66. The lowest BCUT2D eigenvalue weighted by atomic mass is 10.3. The molecule has 19 heavy (non-hydrogen) atoms. The van der Waals surface area contributed by atoms with Crippen LogP contribution in [0.3, 0.4) is 0 Å². The van der Waals surface area contributed by atoms with Gasteiger partial charge in [-0.15, -0.1) is 0 Å². The maximum atomic E-state index is 11.9. The molecule has 0 spiro atoms. The number of aromatic amines is 1. The van der Waals surface area contributed by atoms with E-state index in [0.29, 0.717) is 10.7 Å². The van der Waals surface area contributed by atoms with Crippen molar-refractivity contribution in [2.75, 3.05) is 12.4 Å². The fraction of sp³-hybridized carbons (Fsp3) is 0.0769. The van der Waals surface area contributed by atoms with Gasteiger partial charge in [-0.1, -0.05) is 17.7 Å². The molecule has 0 atom stereocenters. The maximum Gasteiger partial charge on any atom is 0.272 e. The molecule has 1 aromatic heterocycles. The minimum absolute atomic E-state index is 0.144. The number of anilines is 1. The Morgan fingerprint density at radius 3 is 2.79 bits per heavy atom. The number of H-pyrrole nitrogens is 1. The predicted octanol–water partition coefficient (Wildman–Crippen LogP) is 2.29. The van der Waals surface area contributed by atoms with Crippen LogP contribution < -0.4 is 15.5 Å². The van der Waals surface area contributed by atoms with Gasteiger partial charge in [0.2, 0.25) is 5.43 Å². The van der Waals surface area contributed by atoms with Crippen molar-refractivity contribution in [3.8, 4) is 5.75 Å². The fourth-order valence-electron chi connectivity index (χ4n) is 1.51. The fourth-order valence-corrected chi connectivity index (χ4v) is 1.70. The van der Waals surface area contributed by atoms with E-state index in [4.69, 9.17) is 16.3 Å². The number of aromatic nitrogens is 1. The Morgan fingerprint density at radius 1 is 1.37 bits per heavy atom. The molecule has 1 amide bonds. The van der Waals surface area contributed by atoms with E-state index in [2.05, 4.69) is 10.3 Å². The molecule has 5 nitrogen and oxygen atoms in total. The molecule has 0 aliphatic heterocycles. The second-order valence-corrected chi connectivity index (χ2v) is 4.18. The van der Waals surface area contributed by atoms with Crippen molar-refractivity contribution in [3.63, 3.8) is 0 Å². The number of ether oxygens (including phenoxy) is 1. The maximum absolute atomic E-state index is 11.9. The number of halogens is 1. The van der Waals surface area contributed by atoms with Crippen LogP contribution in [0.5, 0.6) is 5.75 Å². The predicted molar refractivity (Wildman–Crippen MR) is 73.0 cm³/mol. The van der Waals surface area contributed by atoms with Gasteiger partial charge in [0, 0.05) is 23.0 Å². The summed E-state index contributed by atoms with van der Waals surface area (Å²) in [5, 5.41) is 3.14. The highest BCUT2D eigenvalue weighted by molar-refractivity contribution is 6.30. The first-order valence-corrected chi connectivity index (χ1v) is 5.81. The van der Waals surface area contributed by atoms with E-state index in [-0.39, 0.29) is 16.9 Å². The summed E-state index contributed by atoms with van der Waals surface area (Å²) in [4.78, 5) is 26.1. The number of nitrogens with one attached hydrogen (secondary N) is 2. The molecule has 0 unspecified atom stereocenters. The molecule has 2 rings (SSSR count). The van der Waals surface area contributed by atoms with E-state index in [0.717, 1.165) is 0 Å². The summed E-state index contributed by atoms with van der Waals surface area (Å²) < 4.78 is 4.82. The van der Waals surface area contributed by atoms with E-state index in [9.17, 15) is 9.59 Å². The van der Waals surface area contributed by atoms with Crippen LogP contribution in [0, 0.1) is 0 Å². The van der Waals surface area contributed by atoms with Crippen molar-refractivity contribution in [3.05, 3.63) is 57.5 Å². The largest absolute Gasteiger partial charge is 0.491 e. The van der Waals surface area contributed by atoms with Crippen LogP contribution in [0.15, 0.2) is 41.3 Å². The Labute approximate surface area is 114 Å². The summed E-state index contributed by atoms with van der Waals surface area (Å²) >= 11 is 5.81. The number of rotatable bonds is 3. The number of hydrogen-bond acceptors (Lipinski definition) is 3. The molecule has 98 valence electrons. The molecule has 0 radical (unpaired) electrons. The summed E-state index contributed by atoms with van der Waals surface area (Å²) in [6.45, 7) is 0. The highest BCUT2D eigenvalue weighted by Gasteiger charge is 2.09. The first-order chi connectivity index (χ1) is 9.10. The number of benzene rings is 1. The van der Waals surface area contributed by atoms with Crippen LogP contribution in [-0.4, -0.2) is 18.0 Å². The smallest absolute Gasteiger partial charge is 0.272 e. The van der Waals surface area contributed by atoms with Gasteiger partial charge < -0.3 is 15.0 Å². The van der Waals surface area contributed by atoms with Gasteiger partial charge in [-0.05, 0) is 18.2 Å². The second kappa shape index (κ2) is 5.58. The van der Waals surface area contributed by atoms with Crippen molar-refractivity contribution in [2.24, 2.45) is 0 Å².